The van der Waals surface area contributed by atoms with Crippen LogP contribution in [0, 0.1) is 5.92 Å². The van der Waals surface area contributed by atoms with Crippen LogP contribution in [0.5, 0.6) is 0 Å². The molecule has 0 aliphatic carbocycles. The zero-order chi connectivity index (χ0) is 7.61. The maximum absolute atomic E-state index is 11.6. The molecule has 0 unspecified atom stereocenters. The van der Waals surface area contributed by atoms with Crippen molar-refractivity contribution in [3.63, 3.8) is 0 Å². The van der Waals surface area contributed by atoms with Crippen molar-refractivity contribution < 1.29 is 9.09 Å². The van der Waals surface area contributed by atoms with E-state index in [-0.39, 0.29) is 0 Å². The summed E-state index contributed by atoms with van der Waals surface area (Å²) in [5.74, 6) is 0.609. The summed E-state index contributed by atoms with van der Waals surface area (Å²) in [7, 11) is -2.13. The highest BCUT2D eigenvalue weighted by Crippen LogP contribution is 2.54. The first-order valence-corrected chi connectivity index (χ1v) is 5.88. The zero-order valence-electron chi connectivity index (χ0n) is 6.67. The predicted molar refractivity (Wildman–Crippen MR) is 42.7 cm³/mol. The van der Waals surface area contributed by atoms with Crippen molar-refractivity contribution in [2.24, 2.45) is 5.92 Å². The van der Waals surface area contributed by atoms with E-state index in [1.54, 1.807) is 0 Å². The summed E-state index contributed by atoms with van der Waals surface area (Å²) in [4.78, 5) is 0. The molecule has 3 heteroatoms. The van der Waals surface area contributed by atoms with Crippen molar-refractivity contribution in [2.75, 3.05) is 18.9 Å². The number of hydrogen-bond acceptors (Lipinski definition) is 2. The molecule has 0 aromatic heterocycles. The van der Waals surface area contributed by atoms with Crippen LogP contribution < -0.4 is 0 Å². The van der Waals surface area contributed by atoms with Crippen LogP contribution in [0.4, 0.5) is 0 Å². The van der Waals surface area contributed by atoms with Gasteiger partial charge in [0.1, 0.15) is 0 Å². The first-order valence-electron chi connectivity index (χ1n) is 3.89. The van der Waals surface area contributed by atoms with E-state index < -0.39 is 7.37 Å². The molecular formula is C7H15O2P. The summed E-state index contributed by atoms with van der Waals surface area (Å²) in [6.07, 6.45) is 2.69. The SMILES string of the molecule is CCO[P@@]1(=O)CC[C@@H](C)C1. The Morgan fingerprint density at radius 3 is 2.80 bits per heavy atom. The number of rotatable bonds is 2. The molecule has 1 aliphatic rings. The molecule has 60 valence electrons. The Morgan fingerprint density at radius 1 is 1.70 bits per heavy atom. The van der Waals surface area contributed by atoms with E-state index in [4.69, 9.17) is 4.52 Å². The van der Waals surface area contributed by atoms with Gasteiger partial charge in [-0.15, -0.1) is 0 Å². The van der Waals surface area contributed by atoms with Gasteiger partial charge in [0.2, 0.25) is 7.37 Å². The lowest BCUT2D eigenvalue weighted by atomic mass is 10.2. The van der Waals surface area contributed by atoms with Gasteiger partial charge in [0.15, 0.2) is 0 Å². The Kier molecular flexibility index (Phi) is 2.54. The Hall–Kier alpha value is 0.190. The molecule has 0 bridgehead atoms. The van der Waals surface area contributed by atoms with E-state index in [0.717, 1.165) is 18.7 Å². The molecule has 0 radical (unpaired) electrons. The molecular weight excluding hydrogens is 147 g/mol. The van der Waals surface area contributed by atoms with E-state index >= 15 is 0 Å². The quantitative estimate of drug-likeness (QED) is 0.582. The largest absolute Gasteiger partial charge is 0.329 e. The van der Waals surface area contributed by atoms with Gasteiger partial charge in [0, 0.05) is 12.3 Å². The normalized spacial score (nSPS) is 40.4. The third-order valence-electron chi connectivity index (χ3n) is 1.92. The highest BCUT2D eigenvalue weighted by Gasteiger charge is 2.31. The van der Waals surface area contributed by atoms with Crippen LogP contribution >= 0.6 is 7.37 Å². The van der Waals surface area contributed by atoms with Crippen LogP contribution in [-0.2, 0) is 9.09 Å². The Bertz CT molecular complexity index is 150. The molecule has 1 heterocycles. The fourth-order valence-electron chi connectivity index (χ4n) is 1.43. The average Bonchev–Trinajstić information content (AvgIpc) is 2.12. The monoisotopic (exact) mass is 162 g/mol. The highest BCUT2D eigenvalue weighted by atomic mass is 31.2. The fourth-order valence-corrected chi connectivity index (χ4v) is 4.28. The van der Waals surface area contributed by atoms with E-state index in [1.807, 2.05) is 6.92 Å². The molecule has 0 N–H and O–H groups in total. The molecule has 10 heavy (non-hydrogen) atoms. The summed E-state index contributed by atoms with van der Waals surface area (Å²) in [5, 5.41) is 0. The van der Waals surface area contributed by atoms with Crippen LogP contribution in [0.2, 0.25) is 0 Å². The smallest absolute Gasteiger partial charge is 0.203 e. The fraction of sp³-hybridized carbons (Fsp3) is 1.00. The van der Waals surface area contributed by atoms with Gasteiger partial charge in [-0.3, -0.25) is 4.57 Å². The topological polar surface area (TPSA) is 26.3 Å². The molecule has 0 aromatic carbocycles. The van der Waals surface area contributed by atoms with Crippen molar-refractivity contribution in [2.45, 2.75) is 20.3 Å². The van der Waals surface area contributed by atoms with Crippen LogP contribution in [0.1, 0.15) is 20.3 Å². The van der Waals surface area contributed by atoms with E-state index in [1.165, 1.54) is 0 Å². The Balaban J connectivity index is 2.47. The van der Waals surface area contributed by atoms with Gasteiger partial charge < -0.3 is 4.52 Å². The maximum Gasteiger partial charge on any atom is 0.203 e. The highest BCUT2D eigenvalue weighted by molar-refractivity contribution is 7.59. The second-order valence-corrected chi connectivity index (χ2v) is 5.73. The molecule has 0 aromatic rings. The predicted octanol–water partition coefficient (Wildman–Crippen LogP) is 2.34. The van der Waals surface area contributed by atoms with Crippen molar-refractivity contribution >= 4 is 7.37 Å². The molecule has 0 amide bonds. The van der Waals surface area contributed by atoms with E-state index in [0.29, 0.717) is 12.5 Å². The van der Waals surface area contributed by atoms with E-state index in [2.05, 4.69) is 6.92 Å². The summed E-state index contributed by atoms with van der Waals surface area (Å²) < 4.78 is 16.8. The van der Waals surface area contributed by atoms with Gasteiger partial charge >= 0.3 is 0 Å². The molecule has 0 spiro atoms. The summed E-state index contributed by atoms with van der Waals surface area (Å²) in [6.45, 7) is 4.64. The van der Waals surface area contributed by atoms with Gasteiger partial charge in [0.05, 0.1) is 6.61 Å². The van der Waals surface area contributed by atoms with Gasteiger partial charge in [-0.1, -0.05) is 6.92 Å². The lowest BCUT2D eigenvalue weighted by Crippen LogP contribution is -1.93. The Morgan fingerprint density at radius 2 is 2.40 bits per heavy atom. The molecule has 1 fully saturated rings. The standard InChI is InChI=1S/C7H15O2P/c1-3-9-10(8)5-4-7(2)6-10/h7H,3-6H2,1-2H3/t7-,10+/m1/s1. The summed E-state index contributed by atoms with van der Waals surface area (Å²) in [6, 6.07) is 0. The summed E-state index contributed by atoms with van der Waals surface area (Å²) >= 11 is 0. The molecule has 0 saturated carbocycles. The van der Waals surface area contributed by atoms with Gasteiger partial charge in [-0.2, -0.15) is 0 Å². The average molecular weight is 162 g/mol. The van der Waals surface area contributed by atoms with Crippen LogP contribution in [0.15, 0.2) is 0 Å². The van der Waals surface area contributed by atoms with Crippen molar-refractivity contribution in [3.8, 4) is 0 Å². The third-order valence-corrected chi connectivity index (χ3v) is 4.76. The zero-order valence-corrected chi connectivity index (χ0v) is 7.56. The van der Waals surface area contributed by atoms with Crippen LogP contribution in [0.3, 0.4) is 0 Å². The van der Waals surface area contributed by atoms with Gasteiger partial charge in [-0.25, -0.2) is 0 Å². The van der Waals surface area contributed by atoms with E-state index in [9.17, 15) is 4.57 Å². The second kappa shape index (κ2) is 3.06. The van der Waals surface area contributed by atoms with Crippen molar-refractivity contribution in [3.05, 3.63) is 0 Å². The molecule has 1 rings (SSSR count). The minimum Gasteiger partial charge on any atom is -0.329 e. The minimum absolute atomic E-state index is 0.601. The van der Waals surface area contributed by atoms with Crippen LogP contribution in [-0.4, -0.2) is 18.9 Å². The molecule has 2 atom stereocenters. The first-order chi connectivity index (χ1) is 4.66. The minimum atomic E-state index is -2.13. The molecule has 1 aliphatic heterocycles. The maximum atomic E-state index is 11.6. The lowest BCUT2D eigenvalue weighted by Gasteiger charge is -2.09. The van der Waals surface area contributed by atoms with Crippen molar-refractivity contribution in [1.82, 2.24) is 0 Å². The molecule has 1 saturated heterocycles. The van der Waals surface area contributed by atoms with Gasteiger partial charge in [0.25, 0.3) is 0 Å². The van der Waals surface area contributed by atoms with Crippen molar-refractivity contribution in [1.29, 1.82) is 0 Å². The second-order valence-electron chi connectivity index (χ2n) is 3.03. The molecule has 2 nitrogen and oxygen atoms in total. The van der Waals surface area contributed by atoms with Crippen LogP contribution in [0.25, 0.3) is 0 Å². The third kappa shape index (κ3) is 1.83. The first kappa shape index (κ1) is 8.29. The number of hydrogen-bond donors (Lipinski definition) is 0. The summed E-state index contributed by atoms with van der Waals surface area (Å²) in [5.41, 5.74) is 0. The Labute approximate surface area is 62.4 Å². The lowest BCUT2D eigenvalue weighted by molar-refractivity contribution is 0.336. The van der Waals surface area contributed by atoms with Gasteiger partial charge in [-0.05, 0) is 19.3 Å².